The second-order valence-corrected chi connectivity index (χ2v) is 7.67. The molecule has 3 rings (SSSR count). The lowest BCUT2D eigenvalue weighted by atomic mass is 9.91. The lowest BCUT2D eigenvalue weighted by Crippen LogP contribution is -2.38. The molecule has 7 nitrogen and oxygen atoms in total. The van der Waals surface area contributed by atoms with Crippen LogP contribution >= 0.6 is 11.3 Å². The fourth-order valence-electron chi connectivity index (χ4n) is 3.45. The van der Waals surface area contributed by atoms with Crippen molar-refractivity contribution in [3.05, 3.63) is 49.8 Å². The first kappa shape index (κ1) is 18.8. The SMILES string of the molecule is Cc1nc([C@H]([C@@H]2CCCNC2)n2cc(C(=O)O)ccc2=O)sc1CCO. The lowest BCUT2D eigenvalue weighted by Gasteiger charge is -2.31. The predicted octanol–water partition coefficient (Wildman–Crippen LogP) is 1.44. The Bertz CT molecular complexity index is 839. The van der Waals surface area contributed by atoms with Crippen molar-refractivity contribution in [2.24, 2.45) is 5.92 Å². The van der Waals surface area contributed by atoms with Gasteiger partial charge in [0.2, 0.25) is 0 Å². The third-order valence-electron chi connectivity index (χ3n) is 4.77. The summed E-state index contributed by atoms with van der Waals surface area (Å²) in [6.45, 7) is 3.65. The van der Waals surface area contributed by atoms with Crippen molar-refractivity contribution in [3.63, 3.8) is 0 Å². The van der Waals surface area contributed by atoms with E-state index in [0.29, 0.717) is 6.42 Å². The van der Waals surface area contributed by atoms with E-state index in [0.717, 1.165) is 41.5 Å². The molecule has 1 aliphatic heterocycles. The number of aromatic nitrogens is 2. The van der Waals surface area contributed by atoms with Crippen molar-refractivity contribution in [1.29, 1.82) is 0 Å². The first-order chi connectivity index (χ1) is 12.5. The van der Waals surface area contributed by atoms with Crippen LogP contribution in [0.3, 0.4) is 0 Å². The molecule has 140 valence electrons. The van der Waals surface area contributed by atoms with E-state index in [4.69, 9.17) is 0 Å². The molecule has 3 heterocycles. The number of thiazole rings is 1. The Morgan fingerprint density at radius 1 is 1.50 bits per heavy atom. The fourth-order valence-corrected chi connectivity index (χ4v) is 4.70. The van der Waals surface area contributed by atoms with Crippen LogP contribution in [-0.2, 0) is 6.42 Å². The van der Waals surface area contributed by atoms with Crippen LogP contribution in [0.4, 0.5) is 0 Å². The largest absolute Gasteiger partial charge is 0.478 e. The number of hydrogen-bond acceptors (Lipinski definition) is 6. The summed E-state index contributed by atoms with van der Waals surface area (Å²) in [6.07, 6.45) is 3.90. The van der Waals surface area contributed by atoms with Gasteiger partial charge in [-0.25, -0.2) is 9.78 Å². The van der Waals surface area contributed by atoms with E-state index in [1.54, 1.807) is 0 Å². The third kappa shape index (κ3) is 3.87. The summed E-state index contributed by atoms with van der Waals surface area (Å²) < 4.78 is 1.52. The number of nitrogens with zero attached hydrogens (tertiary/aromatic N) is 2. The Balaban J connectivity index is 2.09. The maximum atomic E-state index is 12.6. The van der Waals surface area contributed by atoms with Crippen molar-refractivity contribution < 1.29 is 15.0 Å². The minimum atomic E-state index is -1.06. The molecule has 0 radical (unpaired) electrons. The van der Waals surface area contributed by atoms with Crippen molar-refractivity contribution in [2.45, 2.75) is 32.2 Å². The Labute approximate surface area is 155 Å². The minimum Gasteiger partial charge on any atom is -0.478 e. The topological polar surface area (TPSA) is 104 Å². The Hall–Kier alpha value is -2.03. The molecule has 3 N–H and O–H groups in total. The lowest BCUT2D eigenvalue weighted by molar-refractivity contribution is 0.0695. The number of carboxylic acid groups (broad SMARTS) is 1. The number of piperidine rings is 1. The van der Waals surface area contributed by atoms with Gasteiger partial charge in [0.1, 0.15) is 5.01 Å². The molecule has 0 amide bonds. The average molecular weight is 377 g/mol. The van der Waals surface area contributed by atoms with E-state index in [2.05, 4.69) is 10.3 Å². The molecule has 1 fully saturated rings. The molecule has 0 aliphatic carbocycles. The summed E-state index contributed by atoms with van der Waals surface area (Å²) >= 11 is 1.50. The molecular weight excluding hydrogens is 354 g/mol. The van der Waals surface area contributed by atoms with Crippen LogP contribution < -0.4 is 10.9 Å². The maximum Gasteiger partial charge on any atom is 0.337 e. The second-order valence-electron chi connectivity index (χ2n) is 6.55. The van der Waals surface area contributed by atoms with E-state index in [1.165, 1.54) is 34.2 Å². The summed E-state index contributed by atoms with van der Waals surface area (Å²) in [5, 5.41) is 22.7. The van der Waals surface area contributed by atoms with E-state index < -0.39 is 5.97 Å². The van der Waals surface area contributed by atoms with Crippen LogP contribution in [0.2, 0.25) is 0 Å². The molecule has 1 aliphatic rings. The Kier molecular flexibility index (Phi) is 5.85. The minimum absolute atomic E-state index is 0.0482. The van der Waals surface area contributed by atoms with Gasteiger partial charge in [0.25, 0.3) is 5.56 Å². The summed E-state index contributed by atoms with van der Waals surface area (Å²) in [7, 11) is 0. The van der Waals surface area contributed by atoms with Crippen LogP contribution in [0.5, 0.6) is 0 Å². The van der Waals surface area contributed by atoms with Crippen LogP contribution in [0.1, 0.15) is 44.8 Å². The summed E-state index contributed by atoms with van der Waals surface area (Å²) in [5.41, 5.74) is 0.708. The molecule has 0 saturated carbocycles. The van der Waals surface area contributed by atoms with Gasteiger partial charge in [-0.3, -0.25) is 4.79 Å². The highest BCUT2D eigenvalue weighted by atomic mass is 32.1. The number of carbonyl (C=O) groups is 1. The van der Waals surface area contributed by atoms with Gasteiger partial charge in [-0.05, 0) is 38.3 Å². The highest BCUT2D eigenvalue weighted by Crippen LogP contribution is 2.34. The fraction of sp³-hybridized carbons (Fsp3) is 0.500. The van der Waals surface area contributed by atoms with Gasteiger partial charge >= 0.3 is 5.97 Å². The number of carboxylic acids is 1. The Morgan fingerprint density at radius 3 is 2.96 bits per heavy atom. The molecule has 2 atom stereocenters. The smallest absolute Gasteiger partial charge is 0.337 e. The number of pyridine rings is 1. The first-order valence-electron chi connectivity index (χ1n) is 8.74. The second kappa shape index (κ2) is 8.11. The van der Waals surface area contributed by atoms with E-state index in [-0.39, 0.29) is 29.7 Å². The number of nitrogens with one attached hydrogen (secondary N) is 1. The third-order valence-corrected chi connectivity index (χ3v) is 6.06. The summed E-state index contributed by atoms with van der Waals surface area (Å²) in [5.74, 6) is -0.909. The molecule has 0 bridgehead atoms. The number of aryl methyl sites for hydroxylation is 1. The van der Waals surface area contributed by atoms with E-state index >= 15 is 0 Å². The number of rotatable bonds is 6. The zero-order valence-electron chi connectivity index (χ0n) is 14.6. The molecular formula is C18H23N3O4S. The number of hydrogen-bond donors (Lipinski definition) is 3. The standard InChI is InChI=1S/C18H23N3O4S/c1-11-14(6-8-22)26-17(20-11)16(12-3-2-7-19-9-12)21-10-13(18(24)25)4-5-15(21)23/h4-5,10,12,16,19,22H,2-3,6-9H2,1H3,(H,24,25)/t12-,16+/m1/s1. The Morgan fingerprint density at radius 2 is 2.31 bits per heavy atom. The molecule has 0 unspecified atom stereocenters. The van der Waals surface area contributed by atoms with Gasteiger partial charge in [0.15, 0.2) is 0 Å². The van der Waals surface area contributed by atoms with Gasteiger partial charge < -0.3 is 20.1 Å². The van der Waals surface area contributed by atoms with Gasteiger partial charge in [-0.1, -0.05) is 0 Å². The molecule has 0 aromatic carbocycles. The summed E-state index contributed by atoms with van der Waals surface area (Å²) in [6, 6.07) is 2.33. The number of aliphatic hydroxyl groups is 1. The summed E-state index contributed by atoms with van der Waals surface area (Å²) in [4.78, 5) is 29.6. The van der Waals surface area contributed by atoms with Crippen LogP contribution in [0.25, 0.3) is 0 Å². The zero-order chi connectivity index (χ0) is 18.7. The van der Waals surface area contributed by atoms with E-state index in [9.17, 15) is 19.8 Å². The van der Waals surface area contributed by atoms with Crippen LogP contribution in [-0.4, -0.2) is 45.4 Å². The average Bonchev–Trinajstić information content (AvgIpc) is 2.98. The maximum absolute atomic E-state index is 12.6. The zero-order valence-corrected chi connectivity index (χ0v) is 15.5. The van der Waals surface area contributed by atoms with Crippen molar-refractivity contribution in [3.8, 4) is 0 Å². The molecule has 2 aromatic heterocycles. The van der Waals surface area contributed by atoms with Crippen molar-refractivity contribution >= 4 is 17.3 Å². The van der Waals surface area contributed by atoms with Gasteiger partial charge in [-0.15, -0.1) is 11.3 Å². The normalized spacial score (nSPS) is 18.6. The highest BCUT2D eigenvalue weighted by Gasteiger charge is 2.30. The van der Waals surface area contributed by atoms with Gasteiger partial charge in [-0.2, -0.15) is 0 Å². The molecule has 1 saturated heterocycles. The molecule has 26 heavy (non-hydrogen) atoms. The van der Waals surface area contributed by atoms with Crippen molar-refractivity contribution in [2.75, 3.05) is 19.7 Å². The quantitative estimate of drug-likeness (QED) is 0.704. The monoisotopic (exact) mass is 377 g/mol. The molecule has 0 spiro atoms. The molecule has 2 aromatic rings. The number of aromatic carboxylic acids is 1. The predicted molar refractivity (Wildman–Crippen MR) is 99.0 cm³/mol. The number of aliphatic hydroxyl groups excluding tert-OH is 1. The van der Waals surface area contributed by atoms with Gasteiger partial charge in [0, 0.05) is 36.7 Å². The first-order valence-corrected chi connectivity index (χ1v) is 9.56. The molecule has 8 heteroatoms. The van der Waals surface area contributed by atoms with Gasteiger partial charge in [0.05, 0.1) is 17.3 Å². The van der Waals surface area contributed by atoms with Crippen molar-refractivity contribution in [1.82, 2.24) is 14.9 Å². The highest BCUT2D eigenvalue weighted by molar-refractivity contribution is 7.11. The van der Waals surface area contributed by atoms with Crippen LogP contribution in [0.15, 0.2) is 23.1 Å². The van der Waals surface area contributed by atoms with E-state index in [1.807, 2.05) is 6.92 Å². The van der Waals surface area contributed by atoms with Crippen LogP contribution in [0, 0.1) is 12.8 Å².